The van der Waals surface area contributed by atoms with E-state index in [1.165, 1.54) is 19.2 Å². The summed E-state index contributed by atoms with van der Waals surface area (Å²) in [6.07, 6.45) is 5.19. The molecular weight excluding hydrogens is 152 g/mol. The first kappa shape index (κ1) is 11.1. The highest BCUT2D eigenvalue weighted by molar-refractivity contribution is 5.67. The Morgan fingerprint density at radius 1 is 1.42 bits per heavy atom. The number of hydrogen-bond acceptors (Lipinski definition) is 2. The average molecular weight is 170 g/mol. The van der Waals surface area contributed by atoms with Gasteiger partial charge in [0, 0.05) is 7.05 Å². The van der Waals surface area contributed by atoms with Crippen molar-refractivity contribution >= 4 is 12.7 Å². The number of nitrogens with zero attached hydrogens (tertiary/aromatic N) is 2. The molecule has 0 amide bonds. The molecule has 0 radical (unpaired) electrons. The van der Waals surface area contributed by atoms with Crippen molar-refractivity contribution in [1.82, 2.24) is 0 Å². The van der Waals surface area contributed by atoms with E-state index in [2.05, 4.69) is 23.8 Å². The summed E-state index contributed by atoms with van der Waals surface area (Å²) in [5.41, 5.74) is 0. The first-order valence-corrected chi connectivity index (χ1v) is 4.31. The van der Waals surface area contributed by atoms with E-state index < -0.39 is 0 Å². The molecule has 0 aromatic carbocycles. The molecule has 0 atom stereocenters. The van der Waals surface area contributed by atoms with Gasteiger partial charge < -0.3 is 4.74 Å². The fraction of sp³-hybridized carbons (Fsp3) is 0.778. The van der Waals surface area contributed by atoms with Gasteiger partial charge in [0.25, 0.3) is 0 Å². The molecular formula is C9H18N2O. The normalized spacial score (nSPS) is 12.0. The van der Waals surface area contributed by atoms with E-state index in [4.69, 9.17) is 4.74 Å². The molecule has 0 heterocycles. The highest BCUT2D eigenvalue weighted by Gasteiger charge is 1.92. The highest BCUT2D eigenvalue weighted by Crippen LogP contribution is 2.02. The van der Waals surface area contributed by atoms with Crippen LogP contribution in [-0.2, 0) is 4.74 Å². The summed E-state index contributed by atoms with van der Waals surface area (Å²) in [6.45, 7) is 5.16. The maximum atomic E-state index is 5.10. The molecule has 0 aromatic heterocycles. The second-order valence-electron chi connectivity index (χ2n) is 3.04. The largest absolute Gasteiger partial charge is 0.483 e. The van der Waals surface area contributed by atoms with Crippen molar-refractivity contribution in [3.05, 3.63) is 0 Å². The van der Waals surface area contributed by atoms with E-state index >= 15 is 0 Å². The predicted octanol–water partition coefficient (Wildman–Crippen LogP) is 2.13. The van der Waals surface area contributed by atoms with Gasteiger partial charge in [-0.3, -0.25) is 4.99 Å². The number of hydrogen-bond donors (Lipinski definition) is 0. The minimum absolute atomic E-state index is 0.749. The van der Waals surface area contributed by atoms with Gasteiger partial charge in [-0.1, -0.05) is 13.8 Å². The van der Waals surface area contributed by atoms with Crippen molar-refractivity contribution in [2.45, 2.75) is 26.7 Å². The van der Waals surface area contributed by atoms with Gasteiger partial charge in [0.2, 0.25) is 0 Å². The van der Waals surface area contributed by atoms with Crippen LogP contribution in [0.1, 0.15) is 26.7 Å². The molecule has 3 heteroatoms. The van der Waals surface area contributed by atoms with Gasteiger partial charge in [-0.2, -0.15) is 0 Å². The summed E-state index contributed by atoms with van der Waals surface area (Å²) in [7, 11) is 1.68. The van der Waals surface area contributed by atoms with E-state index in [1.54, 1.807) is 7.05 Å². The van der Waals surface area contributed by atoms with Crippen LogP contribution < -0.4 is 0 Å². The van der Waals surface area contributed by atoms with Crippen molar-refractivity contribution in [3.63, 3.8) is 0 Å². The van der Waals surface area contributed by atoms with Crippen molar-refractivity contribution in [3.8, 4) is 0 Å². The van der Waals surface area contributed by atoms with Crippen LogP contribution in [0.2, 0.25) is 0 Å². The third-order valence-electron chi connectivity index (χ3n) is 1.36. The highest BCUT2D eigenvalue weighted by atomic mass is 16.5. The van der Waals surface area contributed by atoms with Crippen LogP contribution in [-0.4, -0.2) is 26.4 Å². The maximum absolute atomic E-state index is 5.10. The number of ether oxygens (including phenoxy) is 1. The molecule has 0 aliphatic carbocycles. The van der Waals surface area contributed by atoms with Crippen LogP contribution in [0.15, 0.2) is 9.98 Å². The molecule has 0 spiro atoms. The van der Waals surface area contributed by atoms with E-state index in [0.29, 0.717) is 0 Å². The van der Waals surface area contributed by atoms with Crippen molar-refractivity contribution < 1.29 is 4.74 Å². The summed E-state index contributed by atoms with van der Waals surface area (Å²) in [5, 5.41) is 0. The lowest BCUT2D eigenvalue weighted by atomic mass is 10.1. The van der Waals surface area contributed by atoms with Gasteiger partial charge in [-0.25, -0.2) is 4.99 Å². The fourth-order valence-electron chi connectivity index (χ4n) is 0.765. The summed E-state index contributed by atoms with van der Waals surface area (Å²) in [5.74, 6) is 0.753. The second-order valence-corrected chi connectivity index (χ2v) is 3.04. The van der Waals surface area contributed by atoms with E-state index in [-0.39, 0.29) is 0 Å². The summed E-state index contributed by atoms with van der Waals surface area (Å²) >= 11 is 0. The molecule has 0 unspecified atom stereocenters. The Kier molecular flexibility index (Phi) is 7.65. The monoisotopic (exact) mass is 170 g/mol. The maximum Gasteiger partial charge on any atom is 0.175 e. The summed E-state index contributed by atoms with van der Waals surface area (Å²) in [4.78, 5) is 7.45. The molecule has 0 bridgehead atoms. The summed E-state index contributed by atoms with van der Waals surface area (Å²) in [6, 6.07) is 0. The van der Waals surface area contributed by atoms with Crippen molar-refractivity contribution in [1.29, 1.82) is 0 Å². The average Bonchev–Trinajstić information content (AvgIpc) is 2.02. The molecule has 0 aliphatic heterocycles. The lowest BCUT2D eigenvalue weighted by Gasteiger charge is -2.02. The minimum Gasteiger partial charge on any atom is -0.483 e. The second kappa shape index (κ2) is 8.24. The molecule has 0 saturated carbocycles. The van der Waals surface area contributed by atoms with Crippen LogP contribution in [0.3, 0.4) is 0 Å². The minimum atomic E-state index is 0.749. The van der Waals surface area contributed by atoms with Gasteiger partial charge in [0.15, 0.2) is 6.40 Å². The van der Waals surface area contributed by atoms with Crippen LogP contribution >= 0.6 is 0 Å². The van der Waals surface area contributed by atoms with Crippen LogP contribution in [0.5, 0.6) is 0 Å². The van der Waals surface area contributed by atoms with Crippen LogP contribution in [0.25, 0.3) is 0 Å². The molecule has 70 valence electrons. The van der Waals surface area contributed by atoms with Crippen molar-refractivity contribution in [2.24, 2.45) is 15.9 Å². The van der Waals surface area contributed by atoms with Gasteiger partial charge in [0.1, 0.15) is 6.34 Å². The molecule has 0 saturated heterocycles. The lowest BCUT2D eigenvalue weighted by molar-refractivity contribution is 0.299. The summed E-state index contributed by atoms with van der Waals surface area (Å²) < 4.78 is 5.10. The molecule has 3 nitrogen and oxygen atoms in total. The molecule has 0 N–H and O–H groups in total. The Balaban J connectivity index is 3.10. The molecule has 0 fully saturated rings. The zero-order valence-electron chi connectivity index (χ0n) is 8.16. The van der Waals surface area contributed by atoms with E-state index in [9.17, 15) is 0 Å². The van der Waals surface area contributed by atoms with E-state index in [0.717, 1.165) is 18.9 Å². The lowest BCUT2D eigenvalue weighted by Crippen LogP contribution is -1.95. The van der Waals surface area contributed by atoms with Gasteiger partial charge in [-0.05, 0) is 18.8 Å². The molecule has 12 heavy (non-hydrogen) atoms. The van der Waals surface area contributed by atoms with Crippen LogP contribution in [0, 0.1) is 5.92 Å². The van der Waals surface area contributed by atoms with E-state index in [1.807, 2.05) is 0 Å². The molecule has 0 aliphatic rings. The Labute approximate surface area is 74.6 Å². The zero-order chi connectivity index (χ0) is 9.23. The van der Waals surface area contributed by atoms with Crippen LogP contribution in [0.4, 0.5) is 0 Å². The van der Waals surface area contributed by atoms with Gasteiger partial charge in [0.05, 0.1) is 6.61 Å². The standard InChI is InChI=1S/C9H18N2O/c1-9(2)5-4-6-12-8-11-7-10-3/h7-9H,4-6H2,1-3H3. The molecule has 0 rings (SSSR count). The Morgan fingerprint density at radius 3 is 2.75 bits per heavy atom. The third-order valence-corrected chi connectivity index (χ3v) is 1.36. The van der Waals surface area contributed by atoms with Gasteiger partial charge in [-0.15, -0.1) is 0 Å². The Bertz CT molecular complexity index is 141. The SMILES string of the molecule is CN=CN=COCCCC(C)C. The first-order valence-electron chi connectivity index (χ1n) is 4.31. The zero-order valence-corrected chi connectivity index (χ0v) is 8.16. The van der Waals surface area contributed by atoms with Gasteiger partial charge >= 0.3 is 0 Å². The molecule has 0 aromatic rings. The smallest absolute Gasteiger partial charge is 0.175 e. The first-order chi connectivity index (χ1) is 5.77. The number of rotatable bonds is 6. The van der Waals surface area contributed by atoms with Crippen molar-refractivity contribution in [2.75, 3.05) is 13.7 Å². The number of aliphatic imine (C=N–C) groups is 2. The quantitative estimate of drug-likeness (QED) is 0.341. The topological polar surface area (TPSA) is 34.0 Å². The third kappa shape index (κ3) is 9.14. The Hall–Kier alpha value is -0.860. The Morgan fingerprint density at radius 2 is 2.17 bits per heavy atom. The fourth-order valence-corrected chi connectivity index (χ4v) is 0.765. The predicted molar refractivity (Wildman–Crippen MR) is 52.9 cm³/mol.